The van der Waals surface area contributed by atoms with Gasteiger partial charge in [-0.05, 0) is 60.2 Å². The van der Waals surface area contributed by atoms with Gasteiger partial charge in [-0.2, -0.15) is 5.10 Å². The number of pyridine rings is 1. The van der Waals surface area contributed by atoms with E-state index < -0.39 is 9.84 Å². The minimum Gasteiger partial charge on any atom is -0.497 e. The summed E-state index contributed by atoms with van der Waals surface area (Å²) in [5.41, 5.74) is 2.47. The van der Waals surface area contributed by atoms with Crippen LogP contribution in [0.15, 0.2) is 71.8 Å². The summed E-state index contributed by atoms with van der Waals surface area (Å²) in [6, 6.07) is 15.4. The SMILES string of the molecule is CCC(=O)c1c(-c2ccc(F)cc2)nn2ccc(CS(=O)(=O)c3cccc(OC)c3)cc12. The number of aromatic nitrogens is 2. The molecule has 0 aliphatic carbocycles. The van der Waals surface area contributed by atoms with Gasteiger partial charge in [0.25, 0.3) is 0 Å². The maximum Gasteiger partial charge on any atom is 0.182 e. The third-order valence-corrected chi connectivity index (χ3v) is 6.86. The molecule has 2 aromatic heterocycles. The second kappa shape index (κ2) is 8.55. The number of hydrogen-bond donors (Lipinski definition) is 0. The fourth-order valence-electron chi connectivity index (χ4n) is 3.54. The van der Waals surface area contributed by atoms with Crippen molar-refractivity contribution in [2.45, 2.75) is 24.0 Å². The normalized spacial score (nSPS) is 11.6. The molecular formula is C24H21FN2O4S. The highest BCUT2D eigenvalue weighted by atomic mass is 32.2. The average molecular weight is 453 g/mol. The summed E-state index contributed by atoms with van der Waals surface area (Å²) >= 11 is 0. The van der Waals surface area contributed by atoms with Crippen LogP contribution in [-0.2, 0) is 15.6 Å². The van der Waals surface area contributed by atoms with Crippen molar-refractivity contribution >= 4 is 21.1 Å². The van der Waals surface area contributed by atoms with Crippen molar-refractivity contribution in [1.29, 1.82) is 0 Å². The first-order valence-electron chi connectivity index (χ1n) is 9.99. The second-order valence-corrected chi connectivity index (χ2v) is 9.30. The van der Waals surface area contributed by atoms with Crippen molar-refractivity contribution < 1.29 is 22.3 Å². The number of methoxy groups -OCH3 is 1. The zero-order chi connectivity index (χ0) is 22.9. The first kappa shape index (κ1) is 21.7. The first-order chi connectivity index (χ1) is 15.3. The number of carbonyl (C=O) groups is 1. The van der Waals surface area contributed by atoms with Crippen molar-refractivity contribution in [3.63, 3.8) is 0 Å². The van der Waals surface area contributed by atoms with Crippen LogP contribution in [0.3, 0.4) is 0 Å². The Morgan fingerprint density at radius 1 is 1.09 bits per heavy atom. The highest BCUT2D eigenvalue weighted by Gasteiger charge is 2.22. The number of ether oxygens (including phenoxy) is 1. The molecule has 0 N–H and O–H groups in total. The molecule has 0 fully saturated rings. The molecule has 0 unspecified atom stereocenters. The molecule has 0 spiro atoms. The smallest absolute Gasteiger partial charge is 0.182 e. The van der Waals surface area contributed by atoms with Gasteiger partial charge < -0.3 is 4.74 Å². The zero-order valence-corrected chi connectivity index (χ0v) is 18.4. The summed E-state index contributed by atoms with van der Waals surface area (Å²) in [5, 5.41) is 4.51. The number of benzene rings is 2. The van der Waals surface area contributed by atoms with E-state index in [1.54, 1.807) is 54.0 Å². The third kappa shape index (κ3) is 4.13. The Hall–Kier alpha value is -3.52. The van der Waals surface area contributed by atoms with E-state index in [1.807, 2.05) is 0 Å². The minimum absolute atomic E-state index is 0.132. The average Bonchev–Trinajstić information content (AvgIpc) is 3.17. The Labute approximate surface area is 185 Å². The number of rotatable bonds is 7. The molecule has 8 heteroatoms. The van der Waals surface area contributed by atoms with Gasteiger partial charge in [-0.25, -0.2) is 17.3 Å². The Kier molecular flexibility index (Phi) is 5.80. The van der Waals surface area contributed by atoms with Crippen molar-refractivity contribution in [2.75, 3.05) is 7.11 Å². The number of sulfone groups is 1. The van der Waals surface area contributed by atoms with E-state index in [4.69, 9.17) is 4.74 Å². The Bertz CT molecular complexity index is 1410. The van der Waals surface area contributed by atoms with E-state index in [0.717, 1.165) is 0 Å². The maximum atomic E-state index is 13.4. The number of halogens is 1. The van der Waals surface area contributed by atoms with E-state index in [1.165, 1.54) is 31.4 Å². The van der Waals surface area contributed by atoms with Crippen LogP contribution in [0, 0.1) is 5.82 Å². The summed E-state index contributed by atoms with van der Waals surface area (Å²) in [4.78, 5) is 12.9. The monoisotopic (exact) mass is 452 g/mol. The van der Waals surface area contributed by atoms with Gasteiger partial charge in [0.2, 0.25) is 0 Å². The molecule has 164 valence electrons. The highest BCUT2D eigenvalue weighted by Crippen LogP contribution is 2.29. The van der Waals surface area contributed by atoms with Gasteiger partial charge in [0.1, 0.15) is 17.3 Å². The predicted molar refractivity (Wildman–Crippen MR) is 119 cm³/mol. The predicted octanol–water partition coefficient (Wildman–Crippen LogP) is 4.72. The number of fused-ring (bicyclic) bond motifs is 1. The Morgan fingerprint density at radius 2 is 1.84 bits per heavy atom. The van der Waals surface area contributed by atoms with Crippen molar-refractivity contribution in [3.8, 4) is 17.0 Å². The first-order valence-corrected chi connectivity index (χ1v) is 11.6. The fourth-order valence-corrected chi connectivity index (χ4v) is 4.90. The van der Waals surface area contributed by atoms with Crippen LogP contribution < -0.4 is 4.74 Å². The van der Waals surface area contributed by atoms with Crippen molar-refractivity contribution in [1.82, 2.24) is 9.61 Å². The second-order valence-electron chi connectivity index (χ2n) is 7.31. The molecule has 6 nitrogen and oxygen atoms in total. The third-order valence-electron chi connectivity index (χ3n) is 5.17. The van der Waals surface area contributed by atoms with Gasteiger partial charge in [-0.15, -0.1) is 0 Å². The highest BCUT2D eigenvalue weighted by molar-refractivity contribution is 7.90. The molecule has 32 heavy (non-hydrogen) atoms. The number of ketones is 1. The van der Waals surface area contributed by atoms with E-state index >= 15 is 0 Å². The molecule has 0 aliphatic heterocycles. The van der Waals surface area contributed by atoms with Crippen molar-refractivity contribution in [3.05, 3.63) is 83.8 Å². The lowest BCUT2D eigenvalue weighted by atomic mass is 10.0. The van der Waals surface area contributed by atoms with Crippen LogP contribution in [0.25, 0.3) is 16.8 Å². The molecule has 4 aromatic rings. The molecule has 0 bridgehead atoms. The quantitative estimate of drug-likeness (QED) is 0.379. The van der Waals surface area contributed by atoms with Crippen LogP contribution in [0.4, 0.5) is 4.39 Å². The molecule has 0 atom stereocenters. The van der Waals surface area contributed by atoms with Crippen LogP contribution >= 0.6 is 0 Å². The van der Waals surface area contributed by atoms with Gasteiger partial charge in [-0.1, -0.05) is 13.0 Å². The Morgan fingerprint density at radius 3 is 2.53 bits per heavy atom. The Balaban J connectivity index is 1.79. The van der Waals surface area contributed by atoms with E-state index in [2.05, 4.69) is 5.10 Å². The number of carbonyl (C=O) groups excluding carboxylic acids is 1. The summed E-state index contributed by atoms with van der Waals surface area (Å²) in [5.74, 6) is -0.303. The fraction of sp³-hybridized carbons (Fsp3) is 0.167. The number of nitrogens with zero attached hydrogens (tertiary/aromatic N) is 2. The molecular weight excluding hydrogens is 431 g/mol. The molecule has 0 saturated carbocycles. The van der Waals surface area contributed by atoms with Crippen LogP contribution in [0.5, 0.6) is 5.75 Å². The van der Waals surface area contributed by atoms with E-state index in [-0.39, 0.29) is 28.7 Å². The number of hydrogen-bond acceptors (Lipinski definition) is 5. The number of Topliss-reactive ketones (excluding diaryl/α,β-unsaturated/α-hetero) is 1. The summed E-state index contributed by atoms with van der Waals surface area (Å²) in [6.45, 7) is 1.75. The molecule has 4 rings (SSSR count). The van der Waals surface area contributed by atoms with E-state index in [9.17, 15) is 17.6 Å². The largest absolute Gasteiger partial charge is 0.497 e. The van der Waals surface area contributed by atoms with E-state index in [0.29, 0.717) is 33.7 Å². The standard InChI is InChI=1S/C24H21FN2O4S/c1-3-22(28)23-21-13-16(15-32(29,30)20-6-4-5-19(14-20)31-2)11-12-27(21)26-24(23)17-7-9-18(25)10-8-17/h4-14H,3,15H2,1-2H3. The van der Waals surface area contributed by atoms with Crippen LogP contribution in [0.1, 0.15) is 29.3 Å². The molecule has 2 aromatic carbocycles. The minimum atomic E-state index is -3.64. The summed E-state index contributed by atoms with van der Waals surface area (Å²) < 4.78 is 46.0. The summed E-state index contributed by atoms with van der Waals surface area (Å²) in [7, 11) is -2.16. The van der Waals surface area contributed by atoms with Gasteiger partial charge >= 0.3 is 0 Å². The van der Waals surface area contributed by atoms with Crippen LogP contribution in [0.2, 0.25) is 0 Å². The maximum absolute atomic E-state index is 13.4. The van der Waals surface area contributed by atoms with Crippen LogP contribution in [-0.4, -0.2) is 30.9 Å². The molecule has 0 saturated heterocycles. The zero-order valence-electron chi connectivity index (χ0n) is 17.6. The summed E-state index contributed by atoms with van der Waals surface area (Å²) in [6.07, 6.45) is 1.88. The molecule has 2 heterocycles. The topological polar surface area (TPSA) is 77.7 Å². The van der Waals surface area contributed by atoms with Crippen molar-refractivity contribution in [2.24, 2.45) is 0 Å². The van der Waals surface area contributed by atoms with Gasteiger partial charge in [0.15, 0.2) is 15.6 Å². The lowest BCUT2D eigenvalue weighted by Gasteiger charge is -2.07. The lowest BCUT2D eigenvalue weighted by Crippen LogP contribution is -2.06. The molecule has 0 amide bonds. The van der Waals surface area contributed by atoms with Gasteiger partial charge in [0, 0.05) is 18.2 Å². The molecule has 0 radical (unpaired) electrons. The molecule has 0 aliphatic rings. The lowest BCUT2D eigenvalue weighted by molar-refractivity contribution is 0.0990. The van der Waals surface area contributed by atoms with Gasteiger partial charge in [0.05, 0.1) is 28.8 Å². The van der Waals surface area contributed by atoms with Gasteiger partial charge in [-0.3, -0.25) is 4.79 Å².